The van der Waals surface area contributed by atoms with Crippen molar-refractivity contribution < 1.29 is 27.5 Å². The maximum atomic E-state index is 13.6. The minimum Gasteiger partial charge on any atom is -0.493 e. The van der Waals surface area contributed by atoms with Gasteiger partial charge in [-0.3, -0.25) is 9.59 Å². The van der Waals surface area contributed by atoms with Gasteiger partial charge in [0.25, 0.3) is 5.91 Å². The Morgan fingerprint density at radius 2 is 1.51 bits per heavy atom. The van der Waals surface area contributed by atoms with E-state index in [4.69, 9.17) is 4.74 Å². The summed E-state index contributed by atoms with van der Waals surface area (Å²) in [6.45, 7) is 2.16. The zero-order valence-electron chi connectivity index (χ0n) is 19.7. The molecule has 35 heavy (non-hydrogen) atoms. The average molecular weight is 489 g/mol. The van der Waals surface area contributed by atoms with Crippen molar-refractivity contribution in [2.24, 2.45) is 5.41 Å². The second kappa shape index (κ2) is 10.7. The fourth-order valence-corrected chi connectivity index (χ4v) is 5.11. The molecule has 0 bridgehead atoms. The van der Waals surface area contributed by atoms with E-state index < -0.39 is 23.1 Å². The number of nitrogens with zero attached hydrogens (tertiary/aromatic N) is 2. The van der Waals surface area contributed by atoms with Gasteiger partial charge in [-0.25, -0.2) is 0 Å². The molecule has 1 atom stereocenters. The summed E-state index contributed by atoms with van der Waals surface area (Å²) >= 11 is 0. The molecule has 2 fully saturated rings. The lowest BCUT2D eigenvalue weighted by atomic mass is 9.77. The smallest absolute Gasteiger partial charge is 0.417 e. The number of likely N-dealkylation sites (tertiary alicyclic amines) is 2. The standard InChI is InChI=1S/C27H31F3N2O3/c28-27(29,30)23-13-6-5-12-22(23)25(34)32-17-9-14-26(19-32,20-35-21-10-3-1-4-11-21)18-24(33)31-15-7-2-8-16-31/h1,3-6,10-13H,2,7-9,14-20H2/t26-/m0/s1. The number of rotatable bonds is 6. The lowest BCUT2D eigenvalue weighted by Crippen LogP contribution is -2.51. The van der Waals surface area contributed by atoms with Gasteiger partial charge < -0.3 is 14.5 Å². The van der Waals surface area contributed by atoms with Crippen LogP contribution >= 0.6 is 0 Å². The number of hydrogen-bond donors (Lipinski definition) is 0. The van der Waals surface area contributed by atoms with Crippen LogP contribution in [0.1, 0.15) is 54.4 Å². The topological polar surface area (TPSA) is 49.9 Å². The number of benzene rings is 2. The number of amides is 2. The highest BCUT2D eigenvalue weighted by Crippen LogP contribution is 2.38. The first kappa shape index (κ1) is 25.1. The number of ether oxygens (including phenoxy) is 1. The molecular formula is C27H31F3N2O3. The predicted octanol–water partition coefficient (Wildman–Crippen LogP) is 5.41. The van der Waals surface area contributed by atoms with E-state index in [1.807, 2.05) is 35.2 Å². The number of halogens is 3. The van der Waals surface area contributed by atoms with E-state index in [-0.39, 0.29) is 31.0 Å². The molecule has 0 N–H and O–H groups in total. The summed E-state index contributed by atoms with van der Waals surface area (Å²) in [4.78, 5) is 29.9. The summed E-state index contributed by atoms with van der Waals surface area (Å²) < 4.78 is 46.8. The highest BCUT2D eigenvalue weighted by molar-refractivity contribution is 5.96. The first-order valence-corrected chi connectivity index (χ1v) is 12.2. The highest BCUT2D eigenvalue weighted by atomic mass is 19.4. The Hall–Kier alpha value is -3.03. The molecule has 8 heteroatoms. The summed E-state index contributed by atoms with van der Waals surface area (Å²) in [5.41, 5.74) is -1.97. The second-order valence-corrected chi connectivity index (χ2v) is 9.59. The van der Waals surface area contributed by atoms with Crippen molar-refractivity contribution in [3.05, 3.63) is 65.7 Å². The molecule has 5 nitrogen and oxygen atoms in total. The van der Waals surface area contributed by atoms with E-state index in [1.165, 1.54) is 23.1 Å². The van der Waals surface area contributed by atoms with Crippen molar-refractivity contribution in [3.8, 4) is 5.75 Å². The van der Waals surface area contributed by atoms with Crippen molar-refractivity contribution in [3.63, 3.8) is 0 Å². The van der Waals surface area contributed by atoms with Crippen LogP contribution in [-0.4, -0.2) is 54.4 Å². The summed E-state index contributed by atoms with van der Waals surface area (Å²) in [6, 6.07) is 14.1. The van der Waals surface area contributed by atoms with Crippen LogP contribution in [0.4, 0.5) is 13.2 Å². The molecule has 2 aromatic rings. The fourth-order valence-electron chi connectivity index (χ4n) is 5.11. The number of para-hydroxylation sites is 1. The monoisotopic (exact) mass is 488 g/mol. The van der Waals surface area contributed by atoms with Gasteiger partial charge in [0.1, 0.15) is 5.75 Å². The SMILES string of the molecule is O=C(C[C@@]1(COc2ccccc2)CCCN(C(=O)c2ccccc2C(F)(F)F)C1)N1CCCCC1. The quantitative estimate of drug-likeness (QED) is 0.547. The van der Waals surface area contributed by atoms with Gasteiger partial charge in [0.05, 0.1) is 17.7 Å². The molecule has 2 aromatic carbocycles. The number of piperidine rings is 2. The van der Waals surface area contributed by atoms with Crippen molar-refractivity contribution in [1.82, 2.24) is 9.80 Å². The van der Waals surface area contributed by atoms with Crippen molar-refractivity contribution in [2.75, 3.05) is 32.8 Å². The van der Waals surface area contributed by atoms with Gasteiger partial charge in [0.2, 0.25) is 5.91 Å². The number of alkyl halides is 3. The molecule has 2 heterocycles. The van der Waals surface area contributed by atoms with Crippen molar-refractivity contribution in [2.45, 2.75) is 44.7 Å². The Morgan fingerprint density at radius 1 is 0.857 bits per heavy atom. The Morgan fingerprint density at radius 3 is 2.23 bits per heavy atom. The van der Waals surface area contributed by atoms with Crippen LogP contribution in [0.3, 0.4) is 0 Å². The molecule has 0 spiro atoms. The van der Waals surface area contributed by atoms with Crippen LogP contribution in [0.2, 0.25) is 0 Å². The average Bonchev–Trinajstić information content (AvgIpc) is 2.88. The van der Waals surface area contributed by atoms with Gasteiger partial charge in [-0.1, -0.05) is 30.3 Å². The zero-order valence-corrected chi connectivity index (χ0v) is 19.7. The summed E-state index contributed by atoms with van der Waals surface area (Å²) in [7, 11) is 0. The maximum Gasteiger partial charge on any atom is 0.417 e. The molecule has 2 aliphatic heterocycles. The fraction of sp³-hybridized carbons (Fsp3) is 0.481. The van der Waals surface area contributed by atoms with E-state index in [0.717, 1.165) is 38.4 Å². The van der Waals surface area contributed by atoms with E-state index in [1.54, 1.807) is 0 Å². The molecule has 0 unspecified atom stereocenters. The van der Waals surface area contributed by atoms with Crippen LogP contribution in [0.15, 0.2) is 54.6 Å². The molecule has 4 rings (SSSR count). The lowest BCUT2D eigenvalue weighted by molar-refractivity contribution is -0.138. The molecule has 2 aliphatic rings. The Balaban J connectivity index is 1.57. The van der Waals surface area contributed by atoms with E-state index >= 15 is 0 Å². The van der Waals surface area contributed by atoms with Gasteiger partial charge in [0.15, 0.2) is 0 Å². The maximum absolute atomic E-state index is 13.6. The second-order valence-electron chi connectivity index (χ2n) is 9.59. The van der Waals surface area contributed by atoms with Crippen LogP contribution in [0, 0.1) is 5.41 Å². The molecular weight excluding hydrogens is 457 g/mol. The third kappa shape index (κ3) is 6.16. The predicted molar refractivity (Wildman–Crippen MR) is 126 cm³/mol. The summed E-state index contributed by atoms with van der Waals surface area (Å²) in [5.74, 6) is 0.0154. The number of carbonyl (C=O) groups excluding carboxylic acids is 2. The number of carbonyl (C=O) groups is 2. The van der Waals surface area contributed by atoms with Crippen LogP contribution in [0.5, 0.6) is 5.75 Å². The van der Waals surface area contributed by atoms with Gasteiger partial charge in [0, 0.05) is 38.0 Å². The molecule has 2 amide bonds. The lowest BCUT2D eigenvalue weighted by Gasteiger charge is -2.43. The molecule has 0 aromatic heterocycles. The highest BCUT2D eigenvalue weighted by Gasteiger charge is 2.43. The largest absolute Gasteiger partial charge is 0.493 e. The first-order chi connectivity index (χ1) is 16.8. The van der Waals surface area contributed by atoms with E-state index in [0.29, 0.717) is 25.1 Å². The van der Waals surface area contributed by atoms with Gasteiger partial charge in [-0.05, 0) is 56.4 Å². The molecule has 0 saturated carbocycles. The first-order valence-electron chi connectivity index (χ1n) is 12.2. The summed E-state index contributed by atoms with van der Waals surface area (Å²) in [6.07, 6.45) is -0.136. The van der Waals surface area contributed by atoms with Crippen molar-refractivity contribution >= 4 is 11.8 Å². The number of hydrogen-bond acceptors (Lipinski definition) is 3. The normalized spacial score (nSPS) is 21.0. The minimum atomic E-state index is -4.63. The Labute approximate surface area is 203 Å². The molecule has 0 aliphatic carbocycles. The van der Waals surface area contributed by atoms with E-state index in [2.05, 4.69) is 0 Å². The van der Waals surface area contributed by atoms with Crippen LogP contribution in [-0.2, 0) is 11.0 Å². The molecule has 2 saturated heterocycles. The van der Waals surface area contributed by atoms with Crippen LogP contribution in [0.25, 0.3) is 0 Å². The Bertz CT molecular complexity index is 1020. The molecule has 188 valence electrons. The Kier molecular flexibility index (Phi) is 7.67. The third-order valence-electron chi connectivity index (χ3n) is 6.93. The van der Waals surface area contributed by atoms with Gasteiger partial charge in [-0.2, -0.15) is 13.2 Å². The molecule has 0 radical (unpaired) electrons. The van der Waals surface area contributed by atoms with E-state index in [9.17, 15) is 22.8 Å². The van der Waals surface area contributed by atoms with Crippen molar-refractivity contribution in [1.29, 1.82) is 0 Å². The van der Waals surface area contributed by atoms with Gasteiger partial charge >= 0.3 is 6.18 Å². The van der Waals surface area contributed by atoms with Crippen LogP contribution < -0.4 is 4.74 Å². The minimum absolute atomic E-state index is 0.0198. The third-order valence-corrected chi connectivity index (χ3v) is 6.93. The van der Waals surface area contributed by atoms with Gasteiger partial charge in [-0.15, -0.1) is 0 Å². The summed E-state index contributed by atoms with van der Waals surface area (Å²) in [5, 5.41) is 0. The zero-order chi connectivity index (χ0) is 24.9.